The standard InChI is InChI=1S/C18H23N3O4/c1-11-17(12(2)25-20-11)15-6-5-9-21(15)18(22)19-14-8-7-13(23-3)10-16(14)24-4/h7-8,10,15H,5-6,9H2,1-4H3,(H,19,22)/t15-/m0/s1. The molecule has 0 saturated carbocycles. The third kappa shape index (κ3) is 3.26. The Labute approximate surface area is 146 Å². The van der Waals surface area contributed by atoms with Crippen molar-refractivity contribution in [2.75, 3.05) is 26.1 Å². The number of rotatable bonds is 4. The largest absolute Gasteiger partial charge is 0.497 e. The fourth-order valence-electron chi connectivity index (χ4n) is 3.36. The Morgan fingerprint density at radius 3 is 2.76 bits per heavy atom. The molecule has 1 atom stereocenters. The van der Waals surface area contributed by atoms with Gasteiger partial charge in [0.1, 0.15) is 17.3 Å². The van der Waals surface area contributed by atoms with Crippen molar-refractivity contribution in [3.8, 4) is 11.5 Å². The fourth-order valence-corrected chi connectivity index (χ4v) is 3.36. The molecule has 2 heterocycles. The molecule has 7 heteroatoms. The second-order valence-electron chi connectivity index (χ2n) is 6.09. The van der Waals surface area contributed by atoms with E-state index < -0.39 is 0 Å². The Morgan fingerprint density at radius 2 is 2.12 bits per heavy atom. The zero-order chi connectivity index (χ0) is 18.0. The summed E-state index contributed by atoms with van der Waals surface area (Å²) in [5.74, 6) is 2.00. The first-order valence-corrected chi connectivity index (χ1v) is 8.27. The quantitative estimate of drug-likeness (QED) is 0.915. The Kier molecular flexibility index (Phi) is 4.83. The predicted octanol–water partition coefficient (Wildman–Crippen LogP) is 3.68. The van der Waals surface area contributed by atoms with Gasteiger partial charge in [-0.25, -0.2) is 4.79 Å². The van der Waals surface area contributed by atoms with Crippen LogP contribution in [-0.2, 0) is 0 Å². The van der Waals surface area contributed by atoms with Gasteiger partial charge in [0.2, 0.25) is 0 Å². The van der Waals surface area contributed by atoms with Crippen molar-refractivity contribution >= 4 is 11.7 Å². The summed E-state index contributed by atoms with van der Waals surface area (Å²) in [6.45, 7) is 4.49. The highest BCUT2D eigenvalue weighted by molar-refractivity contribution is 5.91. The number of amides is 2. The molecule has 0 aliphatic carbocycles. The van der Waals surface area contributed by atoms with Crippen LogP contribution in [0.1, 0.15) is 35.9 Å². The summed E-state index contributed by atoms with van der Waals surface area (Å²) in [6.07, 6.45) is 1.85. The monoisotopic (exact) mass is 345 g/mol. The number of methoxy groups -OCH3 is 2. The van der Waals surface area contributed by atoms with Gasteiger partial charge in [0, 0.05) is 18.2 Å². The lowest BCUT2D eigenvalue weighted by atomic mass is 10.0. The van der Waals surface area contributed by atoms with Crippen molar-refractivity contribution in [3.63, 3.8) is 0 Å². The van der Waals surface area contributed by atoms with E-state index in [9.17, 15) is 4.79 Å². The Hall–Kier alpha value is -2.70. The molecule has 1 aliphatic rings. The summed E-state index contributed by atoms with van der Waals surface area (Å²) in [6, 6.07) is 5.12. The normalized spacial score (nSPS) is 16.8. The molecule has 7 nitrogen and oxygen atoms in total. The molecule has 0 bridgehead atoms. The van der Waals surface area contributed by atoms with Crippen LogP contribution < -0.4 is 14.8 Å². The minimum absolute atomic E-state index is 0.0181. The number of nitrogens with one attached hydrogen (secondary N) is 1. The first-order chi connectivity index (χ1) is 12.0. The summed E-state index contributed by atoms with van der Waals surface area (Å²) < 4.78 is 15.8. The number of hydrogen-bond donors (Lipinski definition) is 1. The first kappa shape index (κ1) is 17.1. The van der Waals surface area contributed by atoms with Gasteiger partial charge in [0.15, 0.2) is 0 Å². The van der Waals surface area contributed by atoms with Crippen LogP contribution in [0.4, 0.5) is 10.5 Å². The molecular weight excluding hydrogens is 322 g/mol. The van der Waals surface area contributed by atoms with Crippen molar-refractivity contribution in [1.29, 1.82) is 0 Å². The van der Waals surface area contributed by atoms with E-state index in [0.717, 1.165) is 29.9 Å². The van der Waals surface area contributed by atoms with Crippen LogP contribution in [0.5, 0.6) is 11.5 Å². The first-order valence-electron chi connectivity index (χ1n) is 8.27. The van der Waals surface area contributed by atoms with Crippen LogP contribution >= 0.6 is 0 Å². The molecule has 1 fully saturated rings. The number of likely N-dealkylation sites (tertiary alicyclic amines) is 1. The van der Waals surface area contributed by atoms with E-state index in [4.69, 9.17) is 14.0 Å². The van der Waals surface area contributed by atoms with E-state index in [2.05, 4.69) is 10.5 Å². The van der Waals surface area contributed by atoms with Crippen molar-refractivity contribution in [2.45, 2.75) is 32.7 Å². The lowest BCUT2D eigenvalue weighted by Crippen LogP contribution is -2.34. The number of hydrogen-bond acceptors (Lipinski definition) is 5. The molecule has 2 aromatic rings. The van der Waals surface area contributed by atoms with E-state index in [-0.39, 0.29) is 12.1 Å². The number of carbonyl (C=O) groups excluding carboxylic acids is 1. The maximum Gasteiger partial charge on any atom is 0.322 e. The van der Waals surface area contributed by atoms with Gasteiger partial charge in [0.05, 0.1) is 31.6 Å². The molecule has 0 spiro atoms. The number of nitrogens with zero attached hydrogens (tertiary/aromatic N) is 2. The average molecular weight is 345 g/mol. The van der Waals surface area contributed by atoms with Gasteiger partial charge in [0.25, 0.3) is 0 Å². The fraction of sp³-hybridized carbons (Fsp3) is 0.444. The zero-order valence-electron chi connectivity index (χ0n) is 15.0. The van der Waals surface area contributed by atoms with Crippen LogP contribution in [-0.4, -0.2) is 36.9 Å². The molecule has 25 heavy (non-hydrogen) atoms. The van der Waals surface area contributed by atoms with Gasteiger partial charge >= 0.3 is 6.03 Å². The summed E-state index contributed by atoms with van der Waals surface area (Å²) in [5.41, 5.74) is 2.45. The molecule has 0 radical (unpaired) electrons. The second kappa shape index (κ2) is 7.04. The molecule has 1 saturated heterocycles. The van der Waals surface area contributed by atoms with Gasteiger partial charge in [-0.1, -0.05) is 5.16 Å². The lowest BCUT2D eigenvalue weighted by Gasteiger charge is -2.25. The van der Waals surface area contributed by atoms with Gasteiger partial charge < -0.3 is 24.2 Å². The third-order valence-electron chi connectivity index (χ3n) is 4.59. The molecule has 1 aromatic carbocycles. The highest BCUT2D eigenvalue weighted by atomic mass is 16.5. The molecule has 1 N–H and O–H groups in total. The molecule has 1 aromatic heterocycles. The molecular formula is C18H23N3O4. The van der Waals surface area contributed by atoms with Crippen molar-refractivity contribution in [3.05, 3.63) is 35.2 Å². The van der Waals surface area contributed by atoms with Crippen LogP contribution in [0.25, 0.3) is 0 Å². The Balaban J connectivity index is 1.81. The molecule has 3 rings (SSSR count). The van der Waals surface area contributed by atoms with Crippen molar-refractivity contribution in [2.24, 2.45) is 0 Å². The summed E-state index contributed by atoms with van der Waals surface area (Å²) in [4.78, 5) is 14.7. The van der Waals surface area contributed by atoms with E-state index in [0.29, 0.717) is 23.7 Å². The highest BCUT2D eigenvalue weighted by Crippen LogP contribution is 2.36. The lowest BCUT2D eigenvalue weighted by molar-refractivity contribution is 0.206. The SMILES string of the molecule is COc1ccc(NC(=O)N2CCC[C@H]2c2c(C)noc2C)c(OC)c1. The van der Waals surface area contributed by atoms with Gasteiger partial charge in [-0.15, -0.1) is 0 Å². The average Bonchev–Trinajstić information content (AvgIpc) is 3.21. The number of urea groups is 1. The number of aromatic nitrogens is 1. The predicted molar refractivity (Wildman–Crippen MR) is 93.2 cm³/mol. The third-order valence-corrected chi connectivity index (χ3v) is 4.59. The minimum atomic E-state index is -0.161. The molecule has 134 valence electrons. The topological polar surface area (TPSA) is 76.8 Å². The van der Waals surface area contributed by atoms with Crippen LogP contribution in [0.15, 0.2) is 22.7 Å². The molecule has 0 unspecified atom stereocenters. The van der Waals surface area contributed by atoms with E-state index >= 15 is 0 Å². The number of anilines is 1. The Morgan fingerprint density at radius 1 is 1.32 bits per heavy atom. The number of benzene rings is 1. The maximum atomic E-state index is 12.8. The number of carbonyl (C=O) groups is 1. The molecule has 1 aliphatic heterocycles. The number of aryl methyl sites for hydroxylation is 2. The van der Waals surface area contributed by atoms with Crippen LogP contribution in [0.3, 0.4) is 0 Å². The van der Waals surface area contributed by atoms with Crippen molar-refractivity contribution in [1.82, 2.24) is 10.1 Å². The highest BCUT2D eigenvalue weighted by Gasteiger charge is 2.34. The summed E-state index contributed by atoms with van der Waals surface area (Å²) >= 11 is 0. The maximum absolute atomic E-state index is 12.8. The minimum Gasteiger partial charge on any atom is -0.497 e. The smallest absolute Gasteiger partial charge is 0.322 e. The van der Waals surface area contributed by atoms with Gasteiger partial charge in [-0.2, -0.15) is 0 Å². The Bertz CT molecular complexity index is 752. The van der Waals surface area contributed by atoms with Crippen LogP contribution in [0.2, 0.25) is 0 Å². The number of ether oxygens (including phenoxy) is 2. The van der Waals surface area contributed by atoms with E-state index in [1.165, 1.54) is 0 Å². The van der Waals surface area contributed by atoms with E-state index in [1.807, 2.05) is 18.7 Å². The van der Waals surface area contributed by atoms with E-state index in [1.54, 1.807) is 32.4 Å². The zero-order valence-corrected chi connectivity index (χ0v) is 15.0. The van der Waals surface area contributed by atoms with Gasteiger partial charge in [-0.3, -0.25) is 0 Å². The van der Waals surface area contributed by atoms with Gasteiger partial charge in [-0.05, 0) is 38.8 Å². The van der Waals surface area contributed by atoms with Crippen LogP contribution in [0, 0.1) is 13.8 Å². The summed E-state index contributed by atoms with van der Waals surface area (Å²) in [5, 5.41) is 6.96. The van der Waals surface area contributed by atoms with Crippen molar-refractivity contribution < 1.29 is 18.8 Å². The molecule has 2 amide bonds. The second-order valence-corrected chi connectivity index (χ2v) is 6.09. The summed E-state index contributed by atoms with van der Waals surface area (Å²) in [7, 11) is 3.15.